The molecule has 2 bridgehead atoms. The summed E-state index contributed by atoms with van der Waals surface area (Å²) < 4.78 is 0. The lowest BCUT2D eigenvalue weighted by molar-refractivity contribution is -0.122. The molecule has 14 heavy (non-hydrogen) atoms. The van der Waals surface area contributed by atoms with E-state index >= 15 is 0 Å². The van der Waals surface area contributed by atoms with Gasteiger partial charge in [0.1, 0.15) is 12.1 Å². The zero-order valence-electron chi connectivity index (χ0n) is 8.96. The number of carbonyl (C=O) groups is 2. The van der Waals surface area contributed by atoms with Gasteiger partial charge in [-0.1, -0.05) is 25.5 Å². The van der Waals surface area contributed by atoms with Crippen LogP contribution in [0.1, 0.15) is 33.6 Å². The van der Waals surface area contributed by atoms with Crippen LogP contribution >= 0.6 is 0 Å². The van der Waals surface area contributed by atoms with Crippen molar-refractivity contribution in [2.75, 3.05) is 0 Å². The van der Waals surface area contributed by atoms with Crippen molar-refractivity contribution in [1.82, 2.24) is 0 Å². The van der Waals surface area contributed by atoms with Crippen LogP contribution < -0.4 is 0 Å². The maximum Gasteiger partial charge on any atom is 0.138 e. The zero-order valence-corrected chi connectivity index (χ0v) is 8.96. The minimum absolute atomic E-state index is 0.0522. The summed E-state index contributed by atoms with van der Waals surface area (Å²) in [6, 6.07) is 0. The molecule has 2 heteroatoms. The van der Waals surface area contributed by atoms with Crippen molar-refractivity contribution in [2.45, 2.75) is 33.6 Å². The van der Waals surface area contributed by atoms with Gasteiger partial charge in [-0.25, -0.2) is 0 Å². The van der Waals surface area contributed by atoms with Crippen LogP contribution in [0.5, 0.6) is 0 Å². The Morgan fingerprint density at radius 1 is 1.50 bits per heavy atom. The Hall–Kier alpha value is -0.920. The molecule has 0 N–H and O–H groups in total. The number of fused-ring (bicyclic) bond motifs is 2. The molecule has 0 amide bonds. The first-order valence-electron chi connectivity index (χ1n) is 5.12. The zero-order chi connectivity index (χ0) is 10.6. The van der Waals surface area contributed by atoms with Gasteiger partial charge in [0, 0.05) is 12.3 Å². The second kappa shape index (κ2) is 2.56. The van der Waals surface area contributed by atoms with E-state index in [0.29, 0.717) is 6.42 Å². The van der Waals surface area contributed by atoms with Gasteiger partial charge in [-0.15, -0.1) is 0 Å². The Balaban J connectivity index is 2.62. The quantitative estimate of drug-likeness (QED) is 0.471. The standard InChI is InChI=1S/C12H16O2/c1-8-4-5-9-10(14)6-12(8,7-13)11(9,2)3/h4,7,9H,5-6H2,1-3H3. The van der Waals surface area contributed by atoms with Crippen molar-refractivity contribution in [1.29, 1.82) is 0 Å². The second-order valence-corrected chi connectivity index (χ2v) is 5.13. The number of rotatable bonds is 1. The first-order valence-corrected chi connectivity index (χ1v) is 5.12. The van der Waals surface area contributed by atoms with Gasteiger partial charge in [0.25, 0.3) is 0 Å². The predicted molar refractivity (Wildman–Crippen MR) is 53.8 cm³/mol. The van der Waals surface area contributed by atoms with Crippen molar-refractivity contribution in [3.8, 4) is 0 Å². The fourth-order valence-corrected chi connectivity index (χ4v) is 3.18. The Labute approximate surface area is 84.4 Å². The Morgan fingerprint density at radius 2 is 2.14 bits per heavy atom. The summed E-state index contributed by atoms with van der Waals surface area (Å²) >= 11 is 0. The van der Waals surface area contributed by atoms with Crippen molar-refractivity contribution in [3.63, 3.8) is 0 Å². The van der Waals surface area contributed by atoms with Crippen LogP contribution in [0.3, 0.4) is 0 Å². The monoisotopic (exact) mass is 192 g/mol. The van der Waals surface area contributed by atoms with Crippen LogP contribution in [0.15, 0.2) is 11.6 Å². The highest BCUT2D eigenvalue weighted by Crippen LogP contribution is 2.60. The van der Waals surface area contributed by atoms with Gasteiger partial charge in [0.05, 0.1) is 5.41 Å². The van der Waals surface area contributed by atoms with Crippen molar-refractivity contribution in [2.24, 2.45) is 16.7 Å². The van der Waals surface area contributed by atoms with Crippen LogP contribution in [-0.4, -0.2) is 12.1 Å². The molecule has 0 aromatic rings. The van der Waals surface area contributed by atoms with E-state index in [4.69, 9.17) is 0 Å². The minimum atomic E-state index is -0.507. The van der Waals surface area contributed by atoms with E-state index in [1.165, 1.54) is 0 Å². The SMILES string of the molecule is CC1=CCC2C(=O)CC1(C=O)C2(C)C. The maximum atomic E-state index is 11.8. The number of Topliss-reactive ketones (excluding diaryl/α,β-unsaturated/α-hetero) is 1. The predicted octanol–water partition coefficient (Wildman–Crippen LogP) is 2.14. The van der Waals surface area contributed by atoms with Gasteiger partial charge in [0.15, 0.2) is 0 Å². The van der Waals surface area contributed by atoms with Gasteiger partial charge in [-0.05, 0) is 18.8 Å². The number of carbonyl (C=O) groups excluding carboxylic acids is 2. The Morgan fingerprint density at radius 3 is 2.64 bits per heavy atom. The molecule has 0 radical (unpaired) electrons. The molecule has 76 valence electrons. The summed E-state index contributed by atoms with van der Waals surface area (Å²) in [6.45, 7) is 6.08. The number of aldehydes is 1. The molecular formula is C12H16O2. The summed E-state index contributed by atoms with van der Waals surface area (Å²) in [6.07, 6.45) is 4.29. The van der Waals surface area contributed by atoms with Crippen LogP contribution in [-0.2, 0) is 9.59 Å². The van der Waals surface area contributed by atoms with Gasteiger partial charge < -0.3 is 4.79 Å². The fraction of sp³-hybridized carbons (Fsp3) is 0.667. The van der Waals surface area contributed by atoms with Crippen LogP contribution in [0.2, 0.25) is 0 Å². The summed E-state index contributed by atoms with van der Waals surface area (Å²) in [5.41, 5.74) is 0.386. The molecule has 2 aliphatic rings. The van der Waals surface area contributed by atoms with Crippen molar-refractivity contribution < 1.29 is 9.59 Å². The molecule has 2 aliphatic carbocycles. The number of hydrogen-bond acceptors (Lipinski definition) is 2. The lowest BCUT2D eigenvalue weighted by atomic mass is 9.59. The Bertz CT molecular complexity index is 338. The van der Waals surface area contributed by atoms with E-state index < -0.39 is 5.41 Å². The van der Waals surface area contributed by atoms with E-state index in [9.17, 15) is 9.59 Å². The lowest BCUT2D eigenvalue weighted by Crippen LogP contribution is -2.41. The number of hydrogen-bond donors (Lipinski definition) is 0. The van der Waals surface area contributed by atoms with Crippen LogP contribution in [0.25, 0.3) is 0 Å². The molecule has 0 saturated heterocycles. The van der Waals surface area contributed by atoms with Gasteiger partial charge in [0.2, 0.25) is 0 Å². The third-order valence-corrected chi connectivity index (χ3v) is 4.43. The first-order chi connectivity index (χ1) is 6.45. The molecule has 0 aliphatic heterocycles. The van der Waals surface area contributed by atoms with Crippen LogP contribution in [0.4, 0.5) is 0 Å². The Kier molecular flexibility index (Phi) is 1.76. The third kappa shape index (κ3) is 0.819. The highest BCUT2D eigenvalue weighted by atomic mass is 16.1. The topological polar surface area (TPSA) is 34.1 Å². The van der Waals surface area contributed by atoms with E-state index in [1.807, 2.05) is 20.8 Å². The normalized spacial score (nSPS) is 39.5. The highest BCUT2D eigenvalue weighted by molar-refractivity contribution is 5.92. The minimum Gasteiger partial charge on any atom is -0.302 e. The average Bonchev–Trinajstić information content (AvgIpc) is 2.23. The highest BCUT2D eigenvalue weighted by Gasteiger charge is 2.60. The number of ketones is 1. The molecule has 2 nitrogen and oxygen atoms in total. The molecule has 2 rings (SSSR count). The largest absolute Gasteiger partial charge is 0.302 e. The number of allylic oxidation sites excluding steroid dienone is 2. The third-order valence-electron chi connectivity index (χ3n) is 4.43. The van der Waals surface area contributed by atoms with Crippen LogP contribution in [0, 0.1) is 16.7 Å². The summed E-state index contributed by atoms with van der Waals surface area (Å²) in [5, 5.41) is 0. The van der Waals surface area contributed by atoms with E-state index in [1.54, 1.807) is 0 Å². The van der Waals surface area contributed by atoms with Gasteiger partial charge in [-0.2, -0.15) is 0 Å². The molecular weight excluding hydrogens is 176 g/mol. The molecule has 2 unspecified atom stereocenters. The fourth-order valence-electron chi connectivity index (χ4n) is 3.18. The van der Waals surface area contributed by atoms with Gasteiger partial charge in [-0.3, -0.25) is 4.79 Å². The molecule has 0 aromatic heterocycles. The second-order valence-electron chi connectivity index (χ2n) is 5.13. The molecule has 1 saturated carbocycles. The van der Waals surface area contributed by atoms with Crippen molar-refractivity contribution in [3.05, 3.63) is 11.6 Å². The molecule has 2 atom stereocenters. The van der Waals surface area contributed by atoms with E-state index in [0.717, 1.165) is 18.3 Å². The molecule has 0 spiro atoms. The van der Waals surface area contributed by atoms with E-state index in [2.05, 4.69) is 6.08 Å². The summed E-state index contributed by atoms with van der Waals surface area (Å²) in [4.78, 5) is 23.1. The molecule has 0 aromatic carbocycles. The average molecular weight is 192 g/mol. The molecule has 0 heterocycles. The maximum absolute atomic E-state index is 11.8. The first kappa shape index (κ1) is 9.63. The molecule has 1 fully saturated rings. The summed E-state index contributed by atoms with van der Waals surface area (Å²) in [5.74, 6) is 0.312. The van der Waals surface area contributed by atoms with E-state index in [-0.39, 0.29) is 17.1 Å². The smallest absolute Gasteiger partial charge is 0.138 e. The van der Waals surface area contributed by atoms with Crippen molar-refractivity contribution >= 4 is 12.1 Å². The lowest BCUT2D eigenvalue weighted by Gasteiger charge is -2.43. The summed E-state index contributed by atoms with van der Waals surface area (Å²) in [7, 11) is 0. The van der Waals surface area contributed by atoms with Gasteiger partial charge >= 0.3 is 0 Å².